The van der Waals surface area contributed by atoms with Gasteiger partial charge in [-0.05, 0) is 50.3 Å². The van der Waals surface area contributed by atoms with Crippen LogP contribution >= 0.6 is 11.8 Å². The monoisotopic (exact) mass is 383 g/mol. The molecule has 4 rings (SSSR count). The molecule has 2 aromatic heterocycles. The molecule has 1 aromatic carbocycles. The van der Waals surface area contributed by atoms with Gasteiger partial charge in [0.05, 0.1) is 11.3 Å². The smallest absolute Gasteiger partial charge is 0.233 e. The number of nitrogens with zero attached hydrogens (tertiary/aromatic N) is 5. The first-order valence-electron chi connectivity index (χ1n) is 9.62. The van der Waals surface area contributed by atoms with Gasteiger partial charge in [-0.15, -0.1) is 10.2 Å². The van der Waals surface area contributed by atoms with Crippen LogP contribution in [0, 0.1) is 0 Å². The molecule has 1 saturated heterocycles. The number of fused-ring (bicyclic) bond motifs is 3. The van der Waals surface area contributed by atoms with Crippen LogP contribution in [0.5, 0.6) is 0 Å². The number of rotatable bonds is 4. The number of carbonyl (C=O) groups excluding carboxylic acids is 1. The van der Waals surface area contributed by atoms with E-state index in [0.717, 1.165) is 47.9 Å². The molecule has 3 aromatic rings. The second-order valence-corrected chi connectivity index (χ2v) is 8.19. The fraction of sp³-hybridized carbons (Fsp3) is 0.500. The maximum absolute atomic E-state index is 12.5. The van der Waals surface area contributed by atoms with Gasteiger partial charge in [0, 0.05) is 25.0 Å². The van der Waals surface area contributed by atoms with Crippen molar-refractivity contribution >= 4 is 39.7 Å². The van der Waals surface area contributed by atoms with Gasteiger partial charge in [-0.25, -0.2) is 4.98 Å². The number of amides is 1. The molecular weight excluding hydrogens is 358 g/mol. The van der Waals surface area contributed by atoms with Crippen LogP contribution in [-0.4, -0.2) is 48.9 Å². The molecule has 1 atom stereocenters. The predicted octanol–water partition coefficient (Wildman–Crippen LogP) is 3.57. The van der Waals surface area contributed by atoms with Crippen LogP contribution in [0.3, 0.4) is 0 Å². The van der Waals surface area contributed by atoms with Gasteiger partial charge in [0.1, 0.15) is 5.52 Å². The van der Waals surface area contributed by atoms with E-state index in [-0.39, 0.29) is 5.91 Å². The molecule has 0 saturated carbocycles. The van der Waals surface area contributed by atoms with Crippen LogP contribution in [0.25, 0.3) is 22.1 Å². The Morgan fingerprint density at radius 3 is 2.93 bits per heavy atom. The Morgan fingerprint density at radius 1 is 1.30 bits per heavy atom. The summed E-state index contributed by atoms with van der Waals surface area (Å²) in [4.78, 5) is 19.2. The quantitative estimate of drug-likeness (QED) is 0.645. The van der Waals surface area contributed by atoms with Crippen LogP contribution in [-0.2, 0) is 18.3 Å². The Kier molecular flexibility index (Phi) is 5.04. The number of hydrogen-bond acceptors (Lipinski definition) is 5. The average Bonchev–Trinajstić information content (AvgIpc) is 2.98. The third kappa shape index (κ3) is 3.40. The minimum atomic E-state index is 0.167. The van der Waals surface area contributed by atoms with Crippen molar-refractivity contribution in [3.63, 3.8) is 0 Å². The first-order valence-corrected chi connectivity index (χ1v) is 10.6. The highest BCUT2D eigenvalue weighted by molar-refractivity contribution is 7.99. The molecule has 0 spiro atoms. The van der Waals surface area contributed by atoms with Crippen LogP contribution in [0.1, 0.15) is 38.7 Å². The number of carbonyl (C=O) groups is 1. The molecule has 142 valence electrons. The van der Waals surface area contributed by atoms with E-state index in [2.05, 4.69) is 51.8 Å². The topological polar surface area (TPSA) is 63.9 Å². The van der Waals surface area contributed by atoms with Crippen molar-refractivity contribution in [2.24, 2.45) is 7.05 Å². The number of likely N-dealkylation sites (tertiary alicyclic amines) is 1. The lowest BCUT2D eigenvalue weighted by Gasteiger charge is -2.33. The first kappa shape index (κ1) is 18.2. The highest BCUT2D eigenvalue weighted by Crippen LogP contribution is 2.27. The number of benzene rings is 1. The Hall–Kier alpha value is -2.15. The SMILES string of the molecule is CCc1ccc2c(c1)c1nnc(SCC(=O)N3CCCC[C@H]3C)nc1n2C. The zero-order chi connectivity index (χ0) is 19.0. The minimum absolute atomic E-state index is 0.167. The molecule has 1 aliphatic heterocycles. The molecule has 0 bridgehead atoms. The van der Waals surface area contributed by atoms with Crippen molar-refractivity contribution in [2.45, 2.75) is 50.7 Å². The molecule has 0 aliphatic carbocycles. The lowest BCUT2D eigenvalue weighted by atomic mass is 10.0. The number of hydrogen-bond donors (Lipinski definition) is 0. The molecule has 1 aliphatic rings. The summed E-state index contributed by atoms with van der Waals surface area (Å²) in [6, 6.07) is 6.76. The molecule has 27 heavy (non-hydrogen) atoms. The summed E-state index contributed by atoms with van der Waals surface area (Å²) in [7, 11) is 2.00. The van der Waals surface area contributed by atoms with E-state index in [0.29, 0.717) is 17.0 Å². The van der Waals surface area contributed by atoms with E-state index < -0.39 is 0 Å². The van der Waals surface area contributed by atoms with E-state index >= 15 is 0 Å². The molecule has 0 unspecified atom stereocenters. The van der Waals surface area contributed by atoms with E-state index in [4.69, 9.17) is 0 Å². The van der Waals surface area contributed by atoms with Crippen molar-refractivity contribution in [3.8, 4) is 0 Å². The summed E-state index contributed by atoms with van der Waals surface area (Å²) < 4.78 is 2.05. The van der Waals surface area contributed by atoms with Crippen LogP contribution < -0.4 is 0 Å². The second-order valence-electron chi connectivity index (χ2n) is 7.25. The molecule has 3 heterocycles. The van der Waals surface area contributed by atoms with Gasteiger partial charge in [0.2, 0.25) is 11.1 Å². The maximum atomic E-state index is 12.5. The Morgan fingerprint density at radius 2 is 2.15 bits per heavy atom. The number of aryl methyl sites for hydroxylation is 2. The van der Waals surface area contributed by atoms with Crippen molar-refractivity contribution in [1.82, 2.24) is 24.6 Å². The third-order valence-corrected chi connectivity index (χ3v) is 6.32. The van der Waals surface area contributed by atoms with Gasteiger partial charge in [-0.3, -0.25) is 4.79 Å². The standard InChI is InChI=1S/C20H25N5OS/c1-4-14-8-9-16-15(11-14)18-19(24(16)3)21-20(23-22-18)27-12-17(26)25-10-6-5-7-13(25)2/h8-9,11,13H,4-7,10,12H2,1-3H3/t13-/m1/s1. The highest BCUT2D eigenvalue weighted by Gasteiger charge is 2.23. The minimum Gasteiger partial charge on any atom is -0.339 e. The largest absolute Gasteiger partial charge is 0.339 e. The Bertz CT molecular complexity index is 999. The lowest BCUT2D eigenvalue weighted by Crippen LogP contribution is -2.42. The predicted molar refractivity (Wildman–Crippen MR) is 109 cm³/mol. The van der Waals surface area contributed by atoms with Crippen molar-refractivity contribution in [3.05, 3.63) is 23.8 Å². The Labute approximate surface area is 163 Å². The van der Waals surface area contributed by atoms with Crippen molar-refractivity contribution < 1.29 is 4.79 Å². The molecule has 1 fully saturated rings. The van der Waals surface area contributed by atoms with Gasteiger partial charge < -0.3 is 9.47 Å². The summed E-state index contributed by atoms with van der Waals surface area (Å²) in [5.41, 5.74) is 4.01. The van der Waals surface area contributed by atoms with Crippen molar-refractivity contribution in [2.75, 3.05) is 12.3 Å². The molecule has 7 heteroatoms. The average molecular weight is 384 g/mol. The van der Waals surface area contributed by atoms with E-state index in [9.17, 15) is 4.79 Å². The van der Waals surface area contributed by atoms with E-state index in [1.165, 1.54) is 23.7 Å². The third-order valence-electron chi connectivity index (χ3n) is 5.50. The van der Waals surface area contributed by atoms with Crippen LogP contribution in [0.4, 0.5) is 0 Å². The molecule has 0 radical (unpaired) electrons. The van der Waals surface area contributed by atoms with Gasteiger partial charge in [-0.2, -0.15) is 0 Å². The molecule has 6 nitrogen and oxygen atoms in total. The van der Waals surface area contributed by atoms with E-state index in [1.807, 2.05) is 11.9 Å². The summed E-state index contributed by atoms with van der Waals surface area (Å²) in [6.07, 6.45) is 4.39. The van der Waals surface area contributed by atoms with E-state index in [1.54, 1.807) is 0 Å². The zero-order valence-corrected chi connectivity index (χ0v) is 16.9. The fourth-order valence-electron chi connectivity index (χ4n) is 3.85. The highest BCUT2D eigenvalue weighted by atomic mass is 32.2. The normalized spacial score (nSPS) is 17.7. The number of thioether (sulfide) groups is 1. The summed E-state index contributed by atoms with van der Waals surface area (Å²) in [5.74, 6) is 0.530. The van der Waals surface area contributed by atoms with Crippen LogP contribution in [0.2, 0.25) is 0 Å². The van der Waals surface area contributed by atoms with Gasteiger partial charge in [0.15, 0.2) is 5.65 Å². The van der Waals surface area contributed by atoms with Gasteiger partial charge in [-0.1, -0.05) is 24.8 Å². The van der Waals surface area contributed by atoms with Gasteiger partial charge >= 0.3 is 0 Å². The fourth-order valence-corrected chi connectivity index (χ4v) is 4.52. The molecule has 0 N–H and O–H groups in total. The van der Waals surface area contributed by atoms with Gasteiger partial charge in [0.25, 0.3) is 0 Å². The Balaban J connectivity index is 1.57. The summed E-state index contributed by atoms with van der Waals surface area (Å²) in [6.45, 7) is 5.14. The number of piperidine rings is 1. The summed E-state index contributed by atoms with van der Waals surface area (Å²) >= 11 is 1.38. The molecule has 1 amide bonds. The number of aromatic nitrogens is 4. The second kappa shape index (κ2) is 7.46. The first-order chi connectivity index (χ1) is 13.1. The van der Waals surface area contributed by atoms with Crippen LogP contribution in [0.15, 0.2) is 23.4 Å². The summed E-state index contributed by atoms with van der Waals surface area (Å²) in [5, 5.41) is 10.4. The zero-order valence-electron chi connectivity index (χ0n) is 16.1. The maximum Gasteiger partial charge on any atom is 0.233 e. The molecular formula is C20H25N5OS. The lowest BCUT2D eigenvalue weighted by molar-refractivity contribution is -0.131. The van der Waals surface area contributed by atoms with Crippen molar-refractivity contribution in [1.29, 1.82) is 0 Å².